The minimum Gasteiger partial charge on any atom is -0.367 e. The SMILES string of the molecule is Cc1c(Cl)nc(C(C)C)nc1NC1CCCC(C)C1. The second kappa shape index (κ2) is 6.08. The number of nitrogens with one attached hydrogen (secondary N) is 1. The molecular weight excluding hydrogens is 258 g/mol. The van der Waals surface area contributed by atoms with Gasteiger partial charge in [0, 0.05) is 17.5 Å². The van der Waals surface area contributed by atoms with Gasteiger partial charge in [-0.05, 0) is 25.7 Å². The van der Waals surface area contributed by atoms with Gasteiger partial charge in [0.1, 0.15) is 16.8 Å². The van der Waals surface area contributed by atoms with E-state index in [1.807, 2.05) is 6.92 Å². The van der Waals surface area contributed by atoms with E-state index in [1.165, 1.54) is 25.7 Å². The van der Waals surface area contributed by atoms with Gasteiger partial charge in [-0.15, -0.1) is 0 Å². The molecule has 0 aliphatic heterocycles. The van der Waals surface area contributed by atoms with Crippen molar-refractivity contribution in [2.24, 2.45) is 5.92 Å². The van der Waals surface area contributed by atoms with Crippen LogP contribution in [0.1, 0.15) is 63.8 Å². The third-order valence-corrected chi connectivity index (χ3v) is 4.27. The maximum Gasteiger partial charge on any atom is 0.137 e. The van der Waals surface area contributed by atoms with Crippen LogP contribution < -0.4 is 5.32 Å². The van der Waals surface area contributed by atoms with Crippen LogP contribution in [0, 0.1) is 12.8 Å². The van der Waals surface area contributed by atoms with Crippen LogP contribution in [0.15, 0.2) is 0 Å². The first-order valence-corrected chi connectivity index (χ1v) is 7.65. The standard InChI is InChI=1S/C15H24ClN3/c1-9(2)14-18-13(16)11(4)15(19-14)17-12-7-5-6-10(3)8-12/h9-10,12H,5-8H2,1-4H3,(H,17,18,19). The number of halogens is 1. The van der Waals surface area contributed by atoms with Crippen LogP contribution >= 0.6 is 11.6 Å². The first-order chi connectivity index (χ1) is 8.97. The summed E-state index contributed by atoms with van der Waals surface area (Å²) in [5.74, 6) is 2.84. The van der Waals surface area contributed by atoms with Crippen molar-refractivity contribution in [3.05, 3.63) is 16.5 Å². The molecule has 1 aromatic rings. The Kier molecular flexibility index (Phi) is 4.67. The molecule has 0 radical (unpaired) electrons. The van der Waals surface area contributed by atoms with Crippen LogP contribution in [0.5, 0.6) is 0 Å². The van der Waals surface area contributed by atoms with Crippen molar-refractivity contribution in [2.75, 3.05) is 5.32 Å². The Morgan fingerprint density at radius 2 is 2.00 bits per heavy atom. The highest BCUT2D eigenvalue weighted by Crippen LogP contribution is 2.28. The largest absolute Gasteiger partial charge is 0.367 e. The Hall–Kier alpha value is -0.830. The number of hydrogen-bond donors (Lipinski definition) is 1. The van der Waals surface area contributed by atoms with Gasteiger partial charge in [-0.1, -0.05) is 45.2 Å². The predicted molar refractivity (Wildman–Crippen MR) is 80.9 cm³/mol. The summed E-state index contributed by atoms with van der Waals surface area (Å²) in [6.07, 6.45) is 5.09. The first kappa shape index (κ1) is 14.6. The second-order valence-electron chi connectivity index (χ2n) is 6.11. The molecule has 0 amide bonds. The van der Waals surface area contributed by atoms with Crippen molar-refractivity contribution in [3.8, 4) is 0 Å². The lowest BCUT2D eigenvalue weighted by molar-refractivity contribution is 0.358. The van der Waals surface area contributed by atoms with Gasteiger partial charge in [-0.25, -0.2) is 9.97 Å². The quantitative estimate of drug-likeness (QED) is 0.826. The van der Waals surface area contributed by atoms with Gasteiger partial charge in [0.25, 0.3) is 0 Å². The lowest BCUT2D eigenvalue weighted by atomic mass is 9.87. The minimum atomic E-state index is 0.295. The van der Waals surface area contributed by atoms with Gasteiger partial charge in [-0.2, -0.15) is 0 Å². The number of rotatable bonds is 3. The van der Waals surface area contributed by atoms with Crippen LogP contribution in [0.4, 0.5) is 5.82 Å². The Morgan fingerprint density at radius 3 is 2.63 bits per heavy atom. The summed E-state index contributed by atoms with van der Waals surface area (Å²) in [4.78, 5) is 9.00. The molecule has 0 saturated heterocycles. The predicted octanol–water partition coefficient (Wildman–Crippen LogP) is 4.55. The highest BCUT2D eigenvalue weighted by Gasteiger charge is 2.21. The molecule has 2 rings (SSSR count). The van der Waals surface area contributed by atoms with Gasteiger partial charge in [0.05, 0.1) is 0 Å². The number of anilines is 1. The number of hydrogen-bond acceptors (Lipinski definition) is 3. The van der Waals surface area contributed by atoms with Gasteiger partial charge in [-0.3, -0.25) is 0 Å². The van der Waals surface area contributed by atoms with Crippen molar-refractivity contribution in [1.29, 1.82) is 0 Å². The molecule has 19 heavy (non-hydrogen) atoms. The Labute approximate surface area is 121 Å². The minimum absolute atomic E-state index is 0.295. The average Bonchev–Trinajstić information content (AvgIpc) is 2.34. The van der Waals surface area contributed by atoms with Crippen molar-refractivity contribution >= 4 is 17.4 Å². The molecule has 1 fully saturated rings. The summed E-state index contributed by atoms with van der Waals surface area (Å²) in [5.41, 5.74) is 0.962. The van der Waals surface area contributed by atoms with Crippen molar-refractivity contribution in [1.82, 2.24) is 9.97 Å². The molecule has 1 N–H and O–H groups in total. The average molecular weight is 282 g/mol. The van der Waals surface area contributed by atoms with Crippen LogP contribution in [0.2, 0.25) is 5.15 Å². The zero-order chi connectivity index (χ0) is 14.0. The van der Waals surface area contributed by atoms with Gasteiger partial charge in [0.15, 0.2) is 0 Å². The highest BCUT2D eigenvalue weighted by molar-refractivity contribution is 6.30. The molecule has 0 bridgehead atoms. The molecule has 1 aromatic heterocycles. The maximum absolute atomic E-state index is 6.22. The molecule has 2 unspecified atom stereocenters. The van der Waals surface area contributed by atoms with E-state index in [4.69, 9.17) is 11.6 Å². The van der Waals surface area contributed by atoms with E-state index in [-0.39, 0.29) is 0 Å². The van der Waals surface area contributed by atoms with E-state index in [2.05, 4.69) is 36.1 Å². The van der Waals surface area contributed by atoms with Crippen LogP contribution in [0.3, 0.4) is 0 Å². The van der Waals surface area contributed by atoms with Crippen molar-refractivity contribution < 1.29 is 0 Å². The summed E-state index contributed by atoms with van der Waals surface area (Å²) in [6, 6.07) is 0.522. The summed E-state index contributed by atoms with van der Waals surface area (Å²) in [7, 11) is 0. The monoisotopic (exact) mass is 281 g/mol. The Morgan fingerprint density at radius 1 is 1.26 bits per heavy atom. The molecule has 2 atom stereocenters. The smallest absolute Gasteiger partial charge is 0.137 e. The molecule has 1 aliphatic carbocycles. The van der Waals surface area contributed by atoms with Gasteiger partial charge >= 0.3 is 0 Å². The van der Waals surface area contributed by atoms with E-state index in [9.17, 15) is 0 Å². The van der Waals surface area contributed by atoms with Gasteiger partial charge in [0.2, 0.25) is 0 Å². The number of aromatic nitrogens is 2. The topological polar surface area (TPSA) is 37.8 Å². The molecule has 3 nitrogen and oxygen atoms in total. The Balaban J connectivity index is 2.19. The summed E-state index contributed by atoms with van der Waals surface area (Å²) >= 11 is 6.22. The third kappa shape index (κ3) is 3.59. The molecule has 1 saturated carbocycles. The van der Waals surface area contributed by atoms with Crippen LogP contribution in [-0.4, -0.2) is 16.0 Å². The summed E-state index contributed by atoms with van der Waals surface area (Å²) in [5, 5.41) is 4.15. The maximum atomic E-state index is 6.22. The Bertz CT molecular complexity index is 445. The van der Waals surface area contributed by atoms with E-state index in [1.54, 1.807) is 0 Å². The molecule has 4 heteroatoms. The van der Waals surface area contributed by atoms with Crippen molar-refractivity contribution in [3.63, 3.8) is 0 Å². The lowest BCUT2D eigenvalue weighted by Gasteiger charge is -2.28. The van der Waals surface area contributed by atoms with Gasteiger partial charge < -0.3 is 5.32 Å². The molecular formula is C15H24ClN3. The zero-order valence-electron chi connectivity index (χ0n) is 12.3. The fourth-order valence-corrected chi connectivity index (χ4v) is 2.84. The molecule has 0 aromatic carbocycles. The van der Waals surface area contributed by atoms with E-state index >= 15 is 0 Å². The molecule has 1 aliphatic rings. The summed E-state index contributed by atoms with van der Waals surface area (Å²) < 4.78 is 0. The number of nitrogens with zero attached hydrogens (tertiary/aromatic N) is 2. The van der Waals surface area contributed by atoms with Crippen molar-refractivity contribution in [2.45, 2.75) is 65.3 Å². The third-order valence-electron chi connectivity index (χ3n) is 3.90. The van der Waals surface area contributed by atoms with E-state index in [0.717, 1.165) is 23.1 Å². The lowest BCUT2D eigenvalue weighted by Crippen LogP contribution is -2.27. The molecule has 106 valence electrons. The van der Waals surface area contributed by atoms with E-state index < -0.39 is 0 Å². The highest BCUT2D eigenvalue weighted by atomic mass is 35.5. The zero-order valence-corrected chi connectivity index (χ0v) is 13.1. The fourth-order valence-electron chi connectivity index (χ4n) is 2.66. The molecule has 1 heterocycles. The summed E-state index contributed by atoms with van der Waals surface area (Å²) in [6.45, 7) is 8.50. The second-order valence-corrected chi connectivity index (χ2v) is 6.47. The fraction of sp³-hybridized carbons (Fsp3) is 0.733. The van der Waals surface area contributed by atoms with Crippen LogP contribution in [-0.2, 0) is 0 Å². The van der Waals surface area contributed by atoms with E-state index in [0.29, 0.717) is 17.1 Å². The molecule has 0 spiro atoms. The first-order valence-electron chi connectivity index (χ1n) is 7.28. The van der Waals surface area contributed by atoms with Crippen LogP contribution in [0.25, 0.3) is 0 Å². The normalized spacial score (nSPS) is 23.7.